The first-order chi connectivity index (χ1) is 9.07. The monoisotopic (exact) mass is 280 g/mol. The molecule has 1 aromatic rings. The number of fused-ring (bicyclic) bond motifs is 1. The molecule has 2 rings (SSSR count). The van der Waals surface area contributed by atoms with Crippen LogP contribution in [0.15, 0.2) is 18.2 Å². The summed E-state index contributed by atoms with van der Waals surface area (Å²) in [6, 6.07) is 4.37. The average Bonchev–Trinajstić information content (AvgIpc) is 2.25. The first kappa shape index (κ1) is 14.6. The lowest BCUT2D eigenvalue weighted by Crippen LogP contribution is -2.51. The molecule has 110 valence electrons. The topological polar surface area (TPSA) is 41.6 Å². The quantitative estimate of drug-likeness (QED) is 0.786. The molecule has 4 nitrogen and oxygen atoms in total. The molecule has 0 saturated carbocycles. The van der Waals surface area contributed by atoms with Gasteiger partial charge in [0.05, 0.1) is 17.9 Å². The van der Waals surface area contributed by atoms with Gasteiger partial charge in [0, 0.05) is 5.54 Å². The summed E-state index contributed by atoms with van der Waals surface area (Å²) in [7, 11) is 0. The zero-order chi connectivity index (χ0) is 15.1. The fourth-order valence-corrected chi connectivity index (χ4v) is 2.20. The molecule has 0 saturated heterocycles. The van der Waals surface area contributed by atoms with Crippen molar-refractivity contribution in [2.45, 2.75) is 45.8 Å². The highest BCUT2D eigenvalue weighted by Gasteiger charge is 2.35. The fraction of sp³-hybridized carbons (Fsp3) is 0.533. The molecule has 1 heterocycles. The molecular formula is C15H21FN2O2. The highest BCUT2D eigenvalue weighted by molar-refractivity contribution is 5.94. The van der Waals surface area contributed by atoms with Gasteiger partial charge in [-0.15, -0.1) is 0 Å². The van der Waals surface area contributed by atoms with Gasteiger partial charge in [-0.05, 0) is 52.8 Å². The first-order valence-electron chi connectivity index (χ1n) is 6.66. The lowest BCUT2D eigenvalue weighted by Gasteiger charge is -2.41. The molecule has 0 aromatic heterocycles. The van der Waals surface area contributed by atoms with E-state index in [4.69, 9.17) is 4.74 Å². The van der Waals surface area contributed by atoms with Crippen LogP contribution >= 0.6 is 0 Å². The van der Waals surface area contributed by atoms with E-state index in [-0.39, 0.29) is 11.4 Å². The molecule has 0 aliphatic carbocycles. The normalized spacial score (nSPS) is 17.2. The van der Waals surface area contributed by atoms with Gasteiger partial charge in [0.1, 0.15) is 11.4 Å². The van der Waals surface area contributed by atoms with Crippen LogP contribution in [0.5, 0.6) is 0 Å². The molecule has 1 N–H and O–H groups in total. The molecule has 1 amide bonds. The van der Waals surface area contributed by atoms with Gasteiger partial charge in [-0.1, -0.05) is 0 Å². The van der Waals surface area contributed by atoms with Crippen molar-refractivity contribution < 1.29 is 13.9 Å². The lowest BCUT2D eigenvalue weighted by atomic mass is 9.99. The molecule has 20 heavy (non-hydrogen) atoms. The van der Waals surface area contributed by atoms with Crippen LogP contribution < -0.4 is 10.2 Å². The summed E-state index contributed by atoms with van der Waals surface area (Å²) in [6.45, 7) is 9.81. The largest absolute Gasteiger partial charge is 0.443 e. The van der Waals surface area contributed by atoms with Crippen LogP contribution in [0.4, 0.5) is 20.6 Å². The van der Waals surface area contributed by atoms with Crippen molar-refractivity contribution in [1.29, 1.82) is 0 Å². The summed E-state index contributed by atoms with van der Waals surface area (Å²) in [6.07, 6.45) is -0.459. The Kier molecular flexibility index (Phi) is 3.40. The number of hydrogen-bond acceptors (Lipinski definition) is 3. The molecule has 0 spiro atoms. The zero-order valence-corrected chi connectivity index (χ0v) is 12.6. The molecule has 5 heteroatoms. The summed E-state index contributed by atoms with van der Waals surface area (Å²) in [4.78, 5) is 13.8. The Hall–Kier alpha value is -1.78. The number of rotatable bonds is 0. The van der Waals surface area contributed by atoms with Crippen LogP contribution in [0.25, 0.3) is 0 Å². The molecule has 0 fully saturated rings. The SMILES string of the molecule is CC1(C)CN(C(=O)OC(C)(C)C)c2cc(F)ccc2N1. The summed E-state index contributed by atoms with van der Waals surface area (Å²) in [5.41, 5.74) is 0.355. The number of carbonyl (C=O) groups excluding carboxylic acids is 1. The second-order valence-corrected chi connectivity index (χ2v) is 6.74. The minimum atomic E-state index is -0.584. The number of halogens is 1. The predicted octanol–water partition coefficient (Wildman–Crippen LogP) is 3.77. The molecule has 1 aromatic carbocycles. The van der Waals surface area contributed by atoms with Crippen molar-refractivity contribution >= 4 is 17.5 Å². The van der Waals surface area contributed by atoms with Gasteiger partial charge in [-0.25, -0.2) is 9.18 Å². The minimum Gasteiger partial charge on any atom is -0.443 e. The van der Waals surface area contributed by atoms with Crippen molar-refractivity contribution in [1.82, 2.24) is 0 Å². The van der Waals surface area contributed by atoms with E-state index in [9.17, 15) is 9.18 Å². The van der Waals surface area contributed by atoms with E-state index in [1.807, 2.05) is 34.6 Å². The van der Waals surface area contributed by atoms with E-state index in [1.165, 1.54) is 17.0 Å². The van der Waals surface area contributed by atoms with E-state index in [1.54, 1.807) is 6.07 Å². The van der Waals surface area contributed by atoms with Gasteiger partial charge in [-0.3, -0.25) is 4.90 Å². The molecule has 1 aliphatic rings. The Morgan fingerprint density at radius 1 is 1.40 bits per heavy atom. The maximum absolute atomic E-state index is 13.5. The Balaban J connectivity index is 2.38. The highest BCUT2D eigenvalue weighted by Crippen LogP contribution is 2.35. The Bertz CT molecular complexity index is 535. The number of carbonyl (C=O) groups is 1. The molecule has 0 atom stereocenters. The summed E-state index contributed by atoms with van der Waals surface area (Å²) >= 11 is 0. The Morgan fingerprint density at radius 3 is 2.65 bits per heavy atom. The summed E-state index contributed by atoms with van der Waals surface area (Å²) in [5.74, 6) is -0.376. The van der Waals surface area contributed by atoms with E-state index in [2.05, 4.69) is 5.32 Å². The van der Waals surface area contributed by atoms with Crippen LogP contribution in [0.3, 0.4) is 0 Å². The van der Waals surface area contributed by atoms with Gasteiger partial charge in [0.15, 0.2) is 0 Å². The number of nitrogens with zero attached hydrogens (tertiary/aromatic N) is 1. The van der Waals surface area contributed by atoms with Crippen molar-refractivity contribution in [3.8, 4) is 0 Å². The van der Waals surface area contributed by atoms with Crippen molar-refractivity contribution in [3.63, 3.8) is 0 Å². The lowest BCUT2D eigenvalue weighted by molar-refractivity contribution is 0.0573. The fourth-order valence-electron chi connectivity index (χ4n) is 2.20. The number of benzene rings is 1. The highest BCUT2D eigenvalue weighted by atomic mass is 19.1. The van der Waals surface area contributed by atoms with Crippen LogP contribution in [-0.2, 0) is 4.74 Å². The Morgan fingerprint density at radius 2 is 2.05 bits per heavy atom. The van der Waals surface area contributed by atoms with Crippen LogP contribution in [0.1, 0.15) is 34.6 Å². The molecule has 0 radical (unpaired) electrons. The van der Waals surface area contributed by atoms with Gasteiger partial charge >= 0.3 is 6.09 Å². The standard InChI is InChI=1S/C15H21FN2O2/c1-14(2,3)20-13(19)18-9-15(4,5)17-11-7-6-10(16)8-12(11)18/h6-8,17H,9H2,1-5H3. The van der Waals surface area contributed by atoms with E-state index < -0.39 is 11.7 Å². The minimum absolute atomic E-state index is 0.304. The first-order valence-corrected chi connectivity index (χ1v) is 6.66. The second kappa shape index (κ2) is 4.65. The second-order valence-electron chi connectivity index (χ2n) is 6.74. The van der Waals surface area contributed by atoms with Gasteiger partial charge < -0.3 is 10.1 Å². The third-order valence-electron chi connectivity index (χ3n) is 2.89. The number of ether oxygens (including phenoxy) is 1. The molecule has 1 aliphatic heterocycles. The number of hydrogen-bond donors (Lipinski definition) is 1. The zero-order valence-electron chi connectivity index (χ0n) is 12.6. The van der Waals surface area contributed by atoms with Crippen LogP contribution in [-0.4, -0.2) is 23.8 Å². The van der Waals surface area contributed by atoms with E-state index >= 15 is 0 Å². The van der Waals surface area contributed by atoms with Gasteiger partial charge in [0.25, 0.3) is 0 Å². The predicted molar refractivity (Wildman–Crippen MR) is 77.7 cm³/mol. The van der Waals surface area contributed by atoms with Gasteiger partial charge in [-0.2, -0.15) is 0 Å². The molecule has 0 bridgehead atoms. The van der Waals surface area contributed by atoms with Crippen molar-refractivity contribution in [3.05, 3.63) is 24.0 Å². The van der Waals surface area contributed by atoms with Gasteiger partial charge in [0.2, 0.25) is 0 Å². The third-order valence-corrected chi connectivity index (χ3v) is 2.89. The van der Waals surface area contributed by atoms with Crippen molar-refractivity contribution in [2.75, 3.05) is 16.8 Å². The molecular weight excluding hydrogens is 259 g/mol. The smallest absolute Gasteiger partial charge is 0.414 e. The third kappa shape index (κ3) is 3.21. The van der Waals surface area contributed by atoms with Crippen LogP contribution in [0, 0.1) is 5.82 Å². The maximum Gasteiger partial charge on any atom is 0.414 e. The Labute approximate surface area is 118 Å². The molecule has 0 unspecified atom stereocenters. The van der Waals surface area contributed by atoms with E-state index in [0.29, 0.717) is 12.2 Å². The number of anilines is 2. The van der Waals surface area contributed by atoms with E-state index in [0.717, 1.165) is 5.69 Å². The van der Waals surface area contributed by atoms with Crippen LogP contribution in [0.2, 0.25) is 0 Å². The van der Waals surface area contributed by atoms with Crippen molar-refractivity contribution in [2.24, 2.45) is 0 Å². The average molecular weight is 280 g/mol. The number of amides is 1. The number of nitrogens with one attached hydrogen (secondary N) is 1. The summed E-state index contributed by atoms with van der Waals surface area (Å²) in [5, 5.41) is 3.30. The maximum atomic E-state index is 13.5. The summed E-state index contributed by atoms with van der Waals surface area (Å²) < 4.78 is 18.9.